The van der Waals surface area contributed by atoms with Crippen LogP contribution in [0.15, 0.2) is 12.1 Å². The van der Waals surface area contributed by atoms with E-state index in [4.69, 9.17) is 5.11 Å². The normalized spacial score (nSPS) is 10.1. The topological polar surface area (TPSA) is 63.4 Å². The van der Waals surface area contributed by atoms with Crippen molar-refractivity contribution in [3.05, 3.63) is 39.2 Å². The highest BCUT2D eigenvalue weighted by Crippen LogP contribution is 2.23. The van der Waals surface area contributed by atoms with Crippen molar-refractivity contribution in [2.75, 3.05) is 0 Å². The van der Waals surface area contributed by atoms with Gasteiger partial charge in [-0.1, -0.05) is 0 Å². The van der Waals surface area contributed by atoms with Crippen LogP contribution in [0.25, 0.3) is 0 Å². The lowest BCUT2D eigenvalue weighted by Gasteiger charge is -2.03. The van der Waals surface area contributed by atoms with Crippen LogP contribution in [0.4, 0.5) is 10.1 Å². The predicted molar refractivity (Wildman–Crippen MR) is 43.7 cm³/mol. The smallest absolute Gasteiger partial charge is 0.275 e. The number of nitro groups is 1. The molecule has 0 aliphatic carbocycles. The lowest BCUT2D eigenvalue weighted by molar-refractivity contribution is -0.386. The molecule has 0 atom stereocenters. The average molecular weight is 185 g/mol. The minimum Gasteiger partial charge on any atom is -0.391 e. The number of nitro benzene ring substituents is 1. The van der Waals surface area contributed by atoms with Gasteiger partial charge in [0.25, 0.3) is 5.69 Å². The number of halogens is 1. The van der Waals surface area contributed by atoms with Gasteiger partial charge in [-0.15, -0.1) is 0 Å². The Morgan fingerprint density at radius 2 is 2.23 bits per heavy atom. The van der Waals surface area contributed by atoms with Gasteiger partial charge in [0.05, 0.1) is 17.1 Å². The number of aliphatic hydroxyl groups excluding tert-OH is 1. The Hall–Kier alpha value is -1.49. The SMILES string of the molecule is Cc1c(F)ccc([N+](=O)[O-])c1CO. The van der Waals surface area contributed by atoms with E-state index in [1.165, 1.54) is 6.92 Å². The zero-order chi connectivity index (χ0) is 10.0. The third kappa shape index (κ3) is 1.65. The van der Waals surface area contributed by atoms with Gasteiger partial charge < -0.3 is 5.11 Å². The Kier molecular flexibility index (Phi) is 2.57. The Balaban J connectivity index is 3.38. The van der Waals surface area contributed by atoms with E-state index in [1.54, 1.807) is 0 Å². The van der Waals surface area contributed by atoms with E-state index in [0.717, 1.165) is 12.1 Å². The van der Waals surface area contributed by atoms with E-state index in [1.807, 2.05) is 0 Å². The van der Waals surface area contributed by atoms with Crippen molar-refractivity contribution in [3.8, 4) is 0 Å². The van der Waals surface area contributed by atoms with Gasteiger partial charge >= 0.3 is 0 Å². The highest BCUT2D eigenvalue weighted by molar-refractivity contribution is 5.45. The molecular formula is C8H8FNO3. The minimum absolute atomic E-state index is 0.0324. The van der Waals surface area contributed by atoms with Crippen molar-refractivity contribution in [2.24, 2.45) is 0 Å². The molecule has 1 aromatic carbocycles. The summed E-state index contributed by atoms with van der Waals surface area (Å²) in [6.45, 7) is 0.869. The number of aliphatic hydroxyl groups is 1. The molecule has 0 unspecified atom stereocenters. The van der Waals surface area contributed by atoms with E-state index in [0.29, 0.717) is 0 Å². The highest BCUT2D eigenvalue weighted by atomic mass is 19.1. The van der Waals surface area contributed by atoms with Gasteiger partial charge in [0.1, 0.15) is 5.82 Å². The molecule has 0 aliphatic heterocycles. The molecule has 0 aliphatic rings. The molecule has 0 saturated carbocycles. The standard InChI is InChI=1S/C8H8FNO3/c1-5-6(4-11)8(10(12)13)3-2-7(5)9/h2-3,11H,4H2,1H3. The van der Waals surface area contributed by atoms with Crippen molar-refractivity contribution < 1.29 is 14.4 Å². The first-order chi connectivity index (χ1) is 6.07. The van der Waals surface area contributed by atoms with Crippen molar-refractivity contribution in [3.63, 3.8) is 0 Å². The molecule has 1 N–H and O–H groups in total. The largest absolute Gasteiger partial charge is 0.391 e. The summed E-state index contributed by atoms with van der Waals surface area (Å²) in [5.74, 6) is -0.547. The van der Waals surface area contributed by atoms with Crippen LogP contribution in [0.5, 0.6) is 0 Å². The number of hydrogen-bond acceptors (Lipinski definition) is 3. The molecule has 0 fully saturated rings. The van der Waals surface area contributed by atoms with Crippen LogP contribution < -0.4 is 0 Å². The summed E-state index contributed by atoms with van der Waals surface area (Å²) in [4.78, 5) is 9.78. The van der Waals surface area contributed by atoms with E-state index in [2.05, 4.69) is 0 Å². The van der Waals surface area contributed by atoms with Crippen LogP contribution in [0.3, 0.4) is 0 Å². The molecule has 1 aromatic rings. The number of benzene rings is 1. The third-order valence-corrected chi connectivity index (χ3v) is 1.86. The van der Waals surface area contributed by atoms with E-state index in [-0.39, 0.29) is 16.8 Å². The number of nitrogens with zero attached hydrogens (tertiary/aromatic N) is 1. The van der Waals surface area contributed by atoms with Gasteiger partial charge in [-0.25, -0.2) is 4.39 Å². The second-order valence-corrected chi connectivity index (χ2v) is 2.59. The molecule has 1 rings (SSSR count). The fourth-order valence-electron chi connectivity index (χ4n) is 1.08. The summed E-state index contributed by atoms with van der Waals surface area (Å²) in [6, 6.07) is 2.07. The second kappa shape index (κ2) is 3.49. The predicted octanol–water partition coefficient (Wildman–Crippen LogP) is 1.53. The summed E-state index contributed by atoms with van der Waals surface area (Å²) in [6.07, 6.45) is 0. The second-order valence-electron chi connectivity index (χ2n) is 2.59. The molecular weight excluding hydrogens is 177 g/mol. The Labute approximate surface area is 73.8 Å². The summed E-state index contributed by atoms with van der Waals surface area (Å²) >= 11 is 0. The fourth-order valence-corrected chi connectivity index (χ4v) is 1.08. The molecule has 5 heteroatoms. The molecule has 0 heterocycles. The molecule has 0 radical (unpaired) electrons. The van der Waals surface area contributed by atoms with Gasteiger partial charge in [0, 0.05) is 6.07 Å². The lowest BCUT2D eigenvalue weighted by Crippen LogP contribution is -2.00. The number of rotatable bonds is 2. The fraction of sp³-hybridized carbons (Fsp3) is 0.250. The van der Waals surface area contributed by atoms with Crippen LogP contribution in [0, 0.1) is 22.9 Å². The van der Waals surface area contributed by atoms with Crippen LogP contribution in [-0.4, -0.2) is 10.0 Å². The first-order valence-electron chi connectivity index (χ1n) is 3.61. The Morgan fingerprint density at radius 1 is 1.62 bits per heavy atom. The van der Waals surface area contributed by atoms with Crippen LogP contribution in [0.2, 0.25) is 0 Å². The highest BCUT2D eigenvalue weighted by Gasteiger charge is 2.17. The van der Waals surface area contributed by atoms with Crippen LogP contribution >= 0.6 is 0 Å². The Morgan fingerprint density at radius 3 is 2.69 bits per heavy atom. The van der Waals surface area contributed by atoms with Crippen molar-refractivity contribution in [1.82, 2.24) is 0 Å². The molecule has 13 heavy (non-hydrogen) atoms. The monoisotopic (exact) mass is 185 g/mol. The first-order valence-corrected chi connectivity index (χ1v) is 3.61. The van der Waals surface area contributed by atoms with Crippen molar-refractivity contribution >= 4 is 5.69 Å². The molecule has 0 bridgehead atoms. The molecule has 0 spiro atoms. The lowest BCUT2D eigenvalue weighted by atomic mass is 10.1. The number of hydrogen-bond donors (Lipinski definition) is 1. The van der Waals surface area contributed by atoms with E-state index >= 15 is 0 Å². The first kappa shape index (κ1) is 9.60. The molecule has 0 aromatic heterocycles. The van der Waals surface area contributed by atoms with Gasteiger partial charge in [-0.3, -0.25) is 10.1 Å². The van der Waals surface area contributed by atoms with Crippen LogP contribution in [-0.2, 0) is 6.61 Å². The van der Waals surface area contributed by atoms with Crippen molar-refractivity contribution in [1.29, 1.82) is 0 Å². The zero-order valence-electron chi connectivity index (χ0n) is 6.95. The van der Waals surface area contributed by atoms with Gasteiger partial charge in [-0.05, 0) is 18.6 Å². The van der Waals surface area contributed by atoms with E-state index in [9.17, 15) is 14.5 Å². The van der Waals surface area contributed by atoms with Gasteiger partial charge in [-0.2, -0.15) is 0 Å². The van der Waals surface area contributed by atoms with Crippen molar-refractivity contribution in [2.45, 2.75) is 13.5 Å². The summed E-state index contributed by atoms with van der Waals surface area (Å²) in [5.41, 5.74) is -0.0944. The summed E-state index contributed by atoms with van der Waals surface area (Å²) < 4.78 is 12.9. The molecule has 4 nitrogen and oxygen atoms in total. The summed E-state index contributed by atoms with van der Waals surface area (Å²) in [7, 11) is 0. The van der Waals surface area contributed by atoms with Gasteiger partial charge in [0.15, 0.2) is 0 Å². The van der Waals surface area contributed by atoms with Crippen LogP contribution in [0.1, 0.15) is 11.1 Å². The summed E-state index contributed by atoms with van der Waals surface area (Å²) in [5, 5.41) is 19.2. The molecule has 0 saturated heterocycles. The van der Waals surface area contributed by atoms with Gasteiger partial charge in [0.2, 0.25) is 0 Å². The Bertz CT molecular complexity index is 351. The third-order valence-electron chi connectivity index (χ3n) is 1.86. The molecule has 70 valence electrons. The zero-order valence-corrected chi connectivity index (χ0v) is 6.95. The maximum Gasteiger partial charge on any atom is 0.275 e. The van der Waals surface area contributed by atoms with E-state index < -0.39 is 17.3 Å². The minimum atomic E-state index is -0.641. The molecule has 0 amide bonds. The maximum absolute atomic E-state index is 12.9. The quantitative estimate of drug-likeness (QED) is 0.561. The maximum atomic E-state index is 12.9. The average Bonchev–Trinajstić information content (AvgIpc) is 2.09.